The Morgan fingerprint density at radius 2 is 1.90 bits per heavy atom. The Labute approximate surface area is 122 Å². The van der Waals surface area contributed by atoms with Gasteiger partial charge in [0.1, 0.15) is 5.54 Å². The van der Waals surface area contributed by atoms with Gasteiger partial charge in [-0.3, -0.25) is 15.0 Å². The molecule has 1 aromatic rings. The van der Waals surface area contributed by atoms with Crippen LogP contribution in [0, 0.1) is 0 Å². The van der Waals surface area contributed by atoms with Gasteiger partial charge in [-0.15, -0.1) is 0 Å². The van der Waals surface area contributed by atoms with Crippen LogP contribution in [0.3, 0.4) is 0 Å². The summed E-state index contributed by atoms with van der Waals surface area (Å²) >= 11 is 0. The smallest absolute Gasteiger partial charge is 0.243 e. The van der Waals surface area contributed by atoms with Crippen LogP contribution in [0.4, 0.5) is 0 Å². The predicted molar refractivity (Wildman–Crippen MR) is 83.4 cm³/mol. The van der Waals surface area contributed by atoms with Gasteiger partial charge >= 0.3 is 0 Å². The Kier molecular flexibility index (Phi) is 6.17. The topological polar surface area (TPSA) is 58.4 Å². The summed E-state index contributed by atoms with van der Waals surface area (Å²) in [7, 11) is 0. The Bertz CT molecular complexity index is 419. The fraction of sp³-hybridized carbons (Fsp3) is 0.562. The standard InChI is InChI=1S/C16H27N3O/c1-5-18-16(15(17)20,12-19(6-2)13(3)4)14-10-8-7-9-11-14/h7-11,13,18H,5-6,12H2,1-4H3,(H2,17,20). The van der Waals surface area contributed by atoms with Gasteiger partial charge in [-0.1, -0.05) is 44.2 Å². The summed E-state index contributed by atoms with van der Waals surface area (Å²) in [6.45, 7) is 10.5. The van der Waals surface area contributed by atoms with Gasteiger partial charge in [-0.2, -0.15) is 0 Å². The number of hydrogen-bond donors (Lipinski definition) is 2. The second-order valence-corrected chi connectivity index (χ2v) is 5.32. The number of hydrogen-bond acceptors (Lipinski definition) is 3. The highest BCUT2D eigenvalue weighted by atomic mass is 16.1. The van der Waals surface area contributed by atoms with Crippen LogP contribution in [0.2, 0.25) is 0 Å². The Balaban J connectivity index is 3.22. The zero-order valence-corrected chi connectivity index (χ0v) is 13.0. The van der Waals surface area contributed by atoms with Gasteiger partial charge in [-0.05, 0) is 32.5 Å². The highest BCUT2D eigenvalue weighted by molar-refractivity contribution is 5.86. The first kappa shape index (κ1) is 16.7. The van der Waals surface area contributed by atoms with E-state index >= 15 is 0 Å². The molecule has 1 aromatic carbocycles. The summed E-state index contributed by atoms with van der Waals surface area (Å²) < 4.78 is 0. The summed E-state index contributed by atoms with van der Waals surface area (Å²) in [5.41, 5.74) is 5.85. The number of amides is 1. The molecule has 4 nitrogen and oxygen atoms in total. The van der Waals surface area contributed by atoms with E-state index in [9.17, 15) is 4.79 Å². The van der Waals surface area contributed by atoms with Gasteiger partial charge in [0.2, 0.25) is 5.91 Å². The monoisotopic (exact) mass is 277 g/mol. The van der Waals surface area contributed by atoms with Gasteiger partial charge in [0.25, 0.3) is 0 Å². The lowest BCUT2D eigenvalue weighted by molar-refractivity contribution is -0.126. The van der Waals surface area contributed by atoms with E-state index in [4.69, 9.17) is 5.73 Å². The largest absolute Gasteiger partial charge is 0.368 e. The Morgan fingerprint density at radius 3 is 2.30 bits per heavy atom. The maximum atomic E-state index is 12.2. The molecule has 1 unspecified atom stereocenters. The maximum Gasteiger partial charge on any atom is 0.243 e. The molecular formula is C16H27N3O. The fourth-order valence-corrected chi connectivity index (χ4v) is 2.55. The molecule has 0 bridgehead atoms. The van der Waals surface area contributed by atoms with E-state index in [1.807, 2.05) is 37.3 Å². The number of carbonyl (C=O) groups excluding carboxylic acids is 1. The third-order valence-corrected chi connectivity index (χ3v) is 3.74. The molecule has 0 aliphatic rings. The number of carbonyl (C=O) groups is 1. The quantitative estimate of drug-likeness (QED) is 0.760. The zero-order valence-electron chi connectivity index (χ0n) is 13.0. The van der Waals surface area contributed by atoms with Crippen LogP contribution in [0.25, 0.3) is 0 Å². The van der Waals surface area contributed by atoms with E-state index in [0.717, 1.165) is 12.1 Å². The molecule has 4 heteroatoms. The van der Waals surface area contributed by atoms with E-state index in [-0.39, 0.29) is 5.91 Å². The second-order valence-electron chi connectivity index (χ2n) is 5.32. The summed E-state index contributed by atoms with van der Waals surface area (Å²) in [5, 5.41) is 3.32. The van der Waals surface area contributed by atoms with Crippen molar-refractivity contribution in [2.45, 2.75) is 39.3 Å². The van der Waals surface area contributed by atoms with E-state index in [0.29, 0.717) is 19.1 Å². The zero-order chi connectivity index (χ0) is 15.2. The highest BCUT2D eigenvalue weighted by Crippen LogP contribution is 2.23. The van der Waals surface area contributed by atoms with Gasteiger partial charge in [0.05, 0.1) is 0 Å². The number of nitrogens with zero attached hydrogens (tertiary/aromatic N) is 1. The van der Waals surface area contributed by atoms with E-state index in [1.165, 1.54) is 0 Å². The molecule has 20 heavy (non-hydrogen) atoms. The van der Waals surface area contributed by atoms with Gasteiger partial charge in [0.15, 0.2) is 0 Å². The molecule has 0 spiro atoms. The molecule has 0 fully saturated rings. The number of primary amides is 1. The van der Waals surface area contributed by atoms with Crippen LogP contribution in [0.15, 0.2) is 30.3 Å². The van der Waals surface area contributed by atoms with Crippen molar-refractivity contribution in [3.05, 3.63) is 35.9 Å². The molecule has 0 aliphatic carbocycles. The van der Waals surface area contributed by atoms with Gasteiger partial charge in [0, 0.05) is 12.6 Å². The van der Waals surface area contributed by atoms with Crippen LogP contribution in [0.1, 0.15) is 33.3 Å². The lowest BCUT2D eigenvalue weighted by atomic mass is 9.87. The Morgan fingerprint density at radius 1 is 1.30 bits per heavy atom. The predicted octanol–water partition coefficient (Wildman–Crippen LogP) is 1.71. The third kappa shape index (κ3) is 3.58. The van der Waals surface area contributed by atoms with Crippen molar-refractivity contribution in [2.24, 2.45) is 5.73 Å². The summed E-state index contributed by atoms with van der Waals surface area (Å²) in [6.07, 6.45) is 0. The van der Waals surface area contributed by atoms with Crippen LogP contribution >= 0.6 is 0 Å². The fourth-order valence-electron chi connectivity index (χ4n) is 2.55. The molecule has 1 rings (SSSR count). The van der Waals surface area contributed by atoms with Crippen molar-refractivity contribution in [1.29, 1.82) is 0 Å². The lowest BCUT2D eigenvalue weighted by Gasteiger charge is -2.38. The van der Waals surface area contributed by atoms with Crippen LogP contribution in [-0.2, 0) is 10.3 Å². The first-order valence-corrected chi connectivity index (χ1v) is 7.32. The second kappa shape index (κ2) is 7.41. The van der Waals surface area contributed by atoms with Crippen molar-refractivity contribution in [3.63, 3.8) is 0 Å². The number of likely N-dealkylation sites (N-methyl/N-ethyl adjacent to an activating group) is 2. The molecule has 0 heterocycles. The normalized spacial score (nSPS) is 14.5. The molecular weight excluding hydrogens is 250 g/mol. The molecule has 112 valence electrons. The number of nitrogens with one attached hydrogen (secondary N) is 1. The van der Waals surface area contributed by atoms with Crippen molar-refractivity contribution in [2.75, 3.05) is 19.6 Å². The van der Waals surface area contributed by atoms with Crippen LogP contribution < -0.4 is 11.1 Å². The summed E-state index contributed by atoms with van der Waals surface area (Å²) in [4.78, 5) is 14.5. The van der Waals surface area contributed by atoms with Crippen LogP contribution in [-0.4, -0.2) is 36.5 Å². The van der Waals surface area contributed by atoms with Crippen molar-refractivity contribution in [1.82, 2.24) is 10.2 Å². The van der Waals surface area contributed by atoms with Crippen molar-refractivity contribution in [3.8, 4) is 0 Å². The SMILES string of the molecule is CCNC(CN(CC)C(C)C)(C(N)=O)c1ccccc1. The van der Waals surface area contributed by atoms with E-state index < -0.39 is 5.54 Å². The molecule has 0 aliphatic heterocycles. The van der Waals surface area contributed by atoms with Gasteiger partial charge < -0.3 is 5.73 Å². The summed E-state index contributed by atoms with van der Waals surface area (Å²) in [5.74, 6) is -0.329. The minimum Gasteiger partial charge on any atom is -0.368 e. The number of rotatable bonds is 8. The Hall–Kier alpha value is -1.39. The first-order chi connectivity index (χ1) is 9.47. The minimum atomic E-state index is -0.837. The van der Waals surface area contributed by atoms with Crippen LogP contribution in [0.5, 0.6) is 0 Å². The van der Waals surface area contributed by atoms with Gasteiger partial charge in [-0.25, -0.2) is 0 Å². The number of benzene rings is 1. The molecule has 0 saturated carbocycles. The molecule has 0 saturated heterocycles. The first-order valence-electron chi connectivity index (χ1n) is 7.32. The maximum absolute atomic E-state index is 12.2. The van der Waals surface area contributed by atoms with Crippen molar-refractivity contribution < 1.29 is 4.79 Å². The van der Waals surface area contributed by atoms with E-state index in [1.54, 1.807) is 0 Å². The minimum absolute atomic E-state index is 0.329. The number of nitrogens with two attached hydrogens (primary N) is 1. The van der Waals surface area contributed by atoms with E-state index in [2.05, 4.69) is 31.0 Å². The average Bonchev–Trinajstić information content (AvgIpc) is 2.43. The average molecular weight is 277 g/mol. The molecule has 1 atom stereocenters. The summed E-state index contributed by atoms with van der Waals surface area (Å²) in [6, 6.07) is 10.1. The molecule has 3 N–H and O–H groups in total. The third-order valence-electron chi connectivity index (χ3n) is 3.74. The molecule has 0 radical (unpaired) electrons. The lowest BCUT2D eigenvalue weighted by Crippen LogP contribution is -2.59. The van der Waals surface area contributed by atoms with Crippen molar-refractivity contribution >= 4 is 5.91 Å². The molecule has 1 amide bonds. The highest BCUT2D eigenvalue weighted by Gasteiger charge is 2.39. The molecule has 0 aromatic heterocycles.